The quantitative estimate of drug-likeness (QED) is 0.494. The molecule has 1 atom stereocenters. The van der Waals surface area contributed by atoms with Gasteiger partial charge in [0.25, 0.3) is 5.91 Å². The Morgan fingerprint density at radius 2 is 2.04 bits per heavy atom. The highest BCUT2D eigenvalue weighted by Gasteiger charge is 2.14. The molecule has 25 heavy (non-hydrogen) atoms. The zero-order valence-electron chi connectivity index (χ0n) is 13.2. The summed E-state index contributed by atoms with van der Waals surface area (Å²) >= 11 is 13.3. The Labute approximate surface area is 158 Å². The third kappa shape index (κ3) is 4.48. The molecule has 0 spiro atoms. The zero-order chi connectivity index (χ0) is 17.8. The van der Waals surface area contributed by atoms with Gasteiger partial charge < -0.3 is 5.32 Å². The second-order valence-corrected chi connectivity index (χ2v) is 7.11. The van der Waals surface area contributed by atoms with E-state index >= 15 is 0 Å². The van der Waals surface area contributed by atoms with Gasteiger partial charge in [0, 0.05) is 0 Å². The van der Waals surface area contributed by atoms with Crippen LogP contribution in [0.25, 0.3) is 10.2 Å². The van der Waals surface area contributed by atoms with Gasteiger partial charge in [0.15, 0.2) is 5.13 Å². The van der Waals surface area contributed by atoms with Crippen molar-refractivity contribution in [1.82, 2.24) is 10.4 Å². The molecule has 0 unspecified atom stereocenters. The highest BCUT2D eigenvalue weighted by atomic mass is 35.5. The van der Waals surface area contributed by atoms with Gasteiger partial charge in [-0.2, -0.15) is 5.10 Å². The average Bonchev–Trinajstić information content (AvgIpc) is 3.00. The molecule has 3 aromatic rings. The number of carbonyl (C=O) groups is 1. The number of anilines is 1. The molecular weight excluding hydrogens is 379 g/mol. The molecule has 3 rings (SSSR count). The lowest BCUT2D eigenvalue weighted by atomic mass is 10.2. The molecule has 0 bridgehead atoms. The summed E-state index contributed by atoms with van der Waals surface area (Å²) in [6, 6.07) is 12.4. The van der Waals surface area contributed by atoms with Crippen LogP contribution in [0, 0.1) is 0 Å². The standard InChI is InChI=1S/C17H14Cl2N4OS/c1-10(21-17-22-14-4-2-3-5-15(14)25-17)16(24)23-20-9-11-6-7-12(18)13(19)8-11/h2-10H,1H3,(H,21,22)(H,23,24)/b20-9-/t10-/m0/s1. The molecule has 8 heteroatoms. The fourth-order valence-electron chi connectivity index (χ4n) is 2.04. The monoisotopic (exact) mass is 392 g/mol. The molecule has 2 N–H and O–H groups in total. The number of aromatic nitrogens is 1. The molecule has 0 radical (unpaired) electrons. The number of thiazole rings is 1. The van der Waals surface area contributed by atoms with Crippen LogP contribution in [-0.4, -0.2) is 23.1 Å². The van der Waals surface area contributed by atoms with E-state index in [1.165, 1.54) is 17.6 Å². The second kappa shape index (κ2) is 7.82. The number of hydrogen-bond acceptors (Lipinski definition) is 5. The van der Waals surface area contributed by atoms with E-state index in [4.69, 9.17) is 23.2 Å². The maximum absolute atomic E-state index is 12.1. The van der Waals surface area contributed by atoms with Crippen LogP contribution < -0.4 is 10.7 Å². The predicted octanol–water partition coefficient (Wildman–Crippen LogP) is 4.55. The number of fused-ring (bicyclic) bond motifs is 1. The van der Waals surface area contributed by atoms with Crippen LogP contribution in [0.1, 0.15) is 12.5 Å². The molecule has 5 nitrogen and oxygen atoms in total. The van der Waals surface area contributed by atoms with E-state index in [0.29, 0.717) is 15.2 Å². The van der Waals surface area contributed by atoms with E-state index in [9.17, 15) is 4.79 Å². The minimum absolute atomic E-state index is 0.268. The number of para-hydroxylation sites is 1. The summed E-state index contributed by atoms with van der Waals surface area (Å²) in [5, 5.41) is 8.61. The Bertz CT molecular complexity index is 908. The van der Waals surface area contributed by atoms with Crippen LogP contribution in [0.3, 0.4) is 0 Å². The van der Waals surface area contributed by atoms with Gasteiger partial charge in [0.1, 0.15) is 6.04 Å². The van der Waals surface area contributed by atoms with E-state index in [1.54, 1.807) is 25.1 Å². The average molecular weight is 393 g/mol. The van der Waals surface area contributed by atoms with Crippen LogP contribution >= 0.6 is 34.5 Å². The second-order valence-electron chi connectivity index (χ2n) is 5.26. The first-order chi connectivity index (χ1) is 12.0. The molecular formula is C17H14Cl2N4OS. The maximum atomic E-state index is 12.1. The third-order valence-corrected chi connectivity index (χ3v) is 5.07. The smallest absolute Gasteiger partial charge is 0.262 e. The molecule has 128 valence electrons. The van der Waals surface area contributed by atoms with Crippen molar-refractivity contribution >= 4 is 62.0 Å². The minimum Gasteiger partial charge on any atom is -0.350 e. The lowest BCUT2D eigenvalue weighted by Gasteiger charge is -2.10. The van der Waals surface area contributed by atoms with Gasteiger partial charge >= 0.3 is 0 Å². The summed E-state index contributed by atoms with van der Waals surface area (Å²) in [5.41, 5.74) is 4.13. The number of hydrogen-bond donors (Lipinski definition) is 2. The number of rotatable bonds is 5. The van der Waals surface area contributed by atoms with Crippen LogP contribution in [0.2, 0.25) is 10.0 Å². The van der Waals surface area contributed by atoms with Gasteiger partial charge in [-0.05, 0) is 36.8 Å². The van der Waals surface area contributed by atoms with Gasteiger partial charge in [-0.25, -0.2) is 10.4 Å². The van der Waals surface area contributed by atoms with Gasteiger partial charge in [-0.15, -0.1) is 0 Å². The third-order valence-electron chi connectivity index (χ3n) is 3.36. The summed E-state index contributed by atoms with van der Waals surface area (Å²) in [6.07, 6.45) is 1.50. The molecule has 2 aromatic carbocycles. The summed E-state index contributed by atoms with van der Waals surface area (Å²) in [7, 11) is 0. The lowest BCUT2D eigenvalue weighted by molar-refractivity contribution is -0.121. The molecule has 1 amide bonds. The van der Waals surface area contributed by atoms with Gasteiger partial charge in [-0.1, -0.05) is 52.7 Å². The SMILES string of the molecule is C[C@H](Nc1nc2ccccc2s1)C(=O)N/N=C\c1ccc(Cl)c(Cl)c1. The van der Waals surface area contributed by atoms with Gasteiger partial charge in [-0.3, -0.25) is 4.79 Å². The first kappa shape index (κ1) is 17.7. The Hall–Kier alpha value is -2.15. The minimum atomic E-state index is -0.480. The van der Waals surface area contributed by atoms with E-state index in [0.717, 1.165) is 15.8 Å². The number of halogens is 2. The number of benzene rings is 2. The first-order valence-corrected chi connectivity index (χ1v) is 9.00. The topological polar surface area (TPSA) is 66.4 Å². The van der Waals surface area contributed by atoms with Crippen molar-refractivity contribution in [1.29, 1.82) is 0 Å². The highest BCUT2D eigenvalue weighted by molar-refractivity contribution is 7.22. The van der Waals surface area contributed by atoms with Crippen LogP contribution in [-0.2, 0) is 4.79 Å². The zero-order valence-corrected chi connectivity index (χ0v) is 15.5. The normalized spacial score (nSPS) is 12.4. The molecule has 0 aliphatic heterocycles. The van der Waals surface area contributed by atoms with Crippen LogP contribution in [0.15, 0.2) is 47.6 Å². The van der Waals surface area contributed by atoms with Gasteiger partial charge in [0.2, 0.25) is 0 Å². The predicted molar refractivity (Wildman–Crippen MR) is 105 cm³/mol. The fourth-order valence-corrected chi connectivity index (χ4v) is 3.30. The summed E-state index contributed by atoms with van der Waals surface area (Å²) in [4.78, 5) is 16.6. The largest absolute Gasteiger partial charge is 0.350 e. The molecule has 0 saturated carbocycles. The lowest BCUT2D eigenvalue weighted by Crippen LogP contribution is -2.34. The van der Waals surface area contributed by atoms with Crippen molar-refractivity contribution in [2.24, 2.45) is 5.10 Å². The molecule has 0 aliphatic rings. The maximum Gasteiger partial charge on any atom is 0.262 e. The number of nitrogens with one attached hydrogen (secondary N) is 2. The molecule has 0 fully saturated rings. The first-order valence-electron chi connectivity index (χ1n) is 7.43. The number of hydrazone groups is 1. The van der Waals surface area contributed by atoms with Crippen LogP contribution in [0.4, 0.5) is 5.13 Å². The Kier molecular flexibility index (Phi) is 5.53. The number of amides is 1. The van der Waals surface area contributed by atoms with Crippen molar-refractivity contribution in [2.75, 3.05) is 5.32 Å². The van der Waals surface area contributed by atoms with Crippen molar-refractivity contribution in [3.8, 4) is 0 Å². The van der Waals surface area contributed by atoms with Crippen molar-refractivity contribution in [2.45, 2.75) is 13.0 Å². The number of nitrogens with zero attached hydrogens (tertiary/aromatic N) is 2. The van der Waals surface area contributed by atoms with Crippen molar-refractivity contribution < 1.29 is 4.79 Å². The van der Waals surface area contributed by atoms with E-state index in [-0.39, 0.29) is 5.91 Å². The Balaban J connectivity index is 1.58. The molecule has 0 aliphatic carbocycles. The molecule has 1 aromatic heterocycles. The summed E-state index contributed by atoms with van der Waals surface area (Å²) in [6.45, 7) is 1.75. The summed E-state index contributed by atoms with van der Waals surface area (Å²) in [5.74, 6) is -0.268. The van der Waals surface area contributed by atoms with E-state index in [2.05, 4.69) is 20.8 Å². The van der Waals surface area contributed by atoms with Gasteiger partial charge in [0.05, 0.1) is 26.5 Å². The molecule has 1 heterocycles. The van der Waals surface area contributed by atoms with Crippen molar-refractivity contribution in [3.05, 3.63) is 58.1 Å². The van der Waals surface area contributed by atoms with E-state index < -0.39 is 6.04 Å². The Morgan fingerprint density at radius 1 is 1.24 bits per heavy atom. The number of carbonyl (C=O) groups excluding carboxylic acids is 1. The Morgan fingerprint density at radius 3 is 2.80 bits per heavy atom. The van der Waals surface area contributed by atoms with E-state index in [1.807, 2.05) is 24.3 Å². The molecule has 0 saturated heterocycles. The van der Waals surface area contributed by atoms with Crippen molar-refractivity contribution in [3.63, 3.8) is 0 Å². The van der Waals surface area contributed by atoms with Crippen LogP contribution in [0.5, 0.6) is 0 Å². The summed E-state index contributed by atoms with van der Waals surface area (Å²) < 4.78 is 1.07. The highest BCUT2D eigenvalue weighted by Crippen LogP contribution is 2.25. The fraction of sp³-hybridized carbons (Fsp3) is 0.118.